The first kappa shape index (κ1) is 16.5. The second-order valence-corrected chi connectivity index (χ2v) is 8.02. The quantitative estimate of drug-likeness (QED) is 0.881. The SMILES string of the molecule is CC1CC(NCc2ccc(S(=O)(=O)N(C)C)o2)CCN1C. The van der Waals surface area contributed by atoms with Gasteiger partial charge in [0, 0.05) is 26.2 Å². The van der Waals surface area contributed by atoms with Gasteiger partial charge in [-0.2, -0.15) is 0 Å². The number of sulfonamides is 1. The van der Waals surface area contributed by atoms with E-state index in [9.17, 15) is 8.42 Å². The number of rotatable bonds is 5. The molecule has 1 saturated heterocycles. The minimum Gasteiger partial charge on any atom is -0.447 e. The second-order valence-electron chi connectivity index (χ2n) is 5.94. The number of nitrogens with zero attached hydrogens (tertiary/aromatic N) is 2. The third-order valence-electron chi connectivity index (χ3n) is 4.15. The molecule has 0 aromatic carbocycles. The average Bonchev–Trinajstić information content (AvgIpc) is 2.89. The molecule has 2 atom stereocenters. The third kappa shape index (κ3) is 3.85. The highest BCUT2D eigenvalue weighted by Crippen LogP contribution is 2.19. The van der Waals surface area contributed by atoms with E-state index in [1.165, 1.54) is 20.2 Å². The molecule has 6 nitrogen and oxygen atoms in total. The van der Waals surface area contributed by atoms with Crippen LogP contribution < -0.4 is 5.32 Å². The van der Waals surface area contributed by atoms with Gasteiger partial charge in [-0.25, -0.2) is 12.7 Å². The van der Waals surface area contributed by atoms with E-state index >= 15 is 0 Å². The van der Waals surface area contributed by atoms with Crippen LogP contribution >= 0.6 is 0 Å². The van der Waals surface area contributed by atoms with Crippen molar-refractivity contribution in [3.63, 3.8) is 0 Å². The number of nitrogens with one attached hydrogen (secondary N) is 1. The Balaban J connectivity index is 1.92. The lowest BCUT2D eigenvalue weighted by atomic mass is 9.99. The molecular formula is C14H25N3O3S. The molecule has 0 saturated carbocycles. The minimum absolute atomic E-state index is 0.000968. The van der Waals surface area contributed by atoms with Crippen LogP contribution in [0.2, 0.25) is 0 Å². The summed E-state index contributed by atoms with van der Waals surface area (Å²) in [5, 5.41) is 3.45. The molecule has 2 heterocycles. The fourth-order valence-electron chi connectivity index (χ4n) is 2.49. The maximum atomic E-state index is 11.9. The maximum Gasteiger partial charge on any atom is 0.275 e. The first-order chi connectivity index (χ1) is 9.80. The fourth-order valence-corrected chi connectivity index (χ4v) is 3.30. The number of furan rings is 1. The molecule has 1 N–H and O–H groups in total. The Kier molecular flexibility index (Phi) is 5.08. The highest BCUT2D eigenvalue weighted by molar-refractivity contribution is 7.88. The Morgan fingerprint density at radius 1 is 1.43 bits per heavy atom. The van der Waals surface area contributed by atoms with Gasteiger partial charge in [-0.1, -0.05) is 0 Å². The van der Waals surface area contributed by atoms with Crippen molar-refractivity contribution in [2.75, 3.05) is 27.7 Å². The minimum atomic E-state index is -3.48. The zero-order valence-electron chi connectivity index (χ0n) is 13.2. The van der Waals surface area contributed by atoms with Crippen LogP contribution in [-0.2, 0) is 16.6 Å². The predicted molar refractivity (Wildman–Crippen MR) is 81.5 cm³/mol. The number of likely N-dealkylation sites (tertiary alicyclic amines) is 1. The largest absolute Gasteiger partial charge is 0.447 e. The Morgan fingerprint density at radius 2 is 2.14 bits per heavy atom. The van der Waals surface area contributed by atoms with Gasteiger partial charge in [-0.05, 0) is 45.5 Å². The van der Waals surface area contributed by atoms with Crippen LogP contribution in [0.3, 0.4) is 0 Å². The molecule has 2 unspecified atom stereocenters. The third-order valence-corrected chi connectivity index (χ3v) is 5.83. The molecule has 120 valence electrons. The molecule has 1 aromatic heterocycles. The van der Waals surface area contributed by atoms with Crippen LogP contribution in [0.5, 0.6) is 0 Å². The molecule has 1 aromatic rings. The van der Waals surface area contributed by atoms with E-state index < -0.39 is 10.0 Å². The van der Waals surface area contributed by atoms with E-state index in [-0.39, 0.29) is 5.09 Å². The molecule has 7 heteroatoms. The maximum absolute atomic E-state index is 11.9. The fraction of sp³-hybridized carbons (Fsp3) is 0.714. The summed E-state index contributed by atoms with van der Waals surface area (Å²) in [4.78, 5) is 2.35. The van der Waals surface area contributed by atoms with Crippen LogP contribution in [0.1, 0.15) is 25.5 Å². The van der Waals surface area contributed by atoms with Gasteiger partial charge in [0.2, 0.25) is 5.09 Å². The molecule has 0 bridgehead atoms. The Hall–Kier alpha value is -0.890. The van der Waals surface area contributed by atoms with Gasteiger partial charge < -0.3 is 14.6 Å². The van der Waals surface area contributed by atoms with E-state index in [2.05, 4.69) is 24.2 Å². The molecule has 1 aliphatic rings. The standard InChI is InChI=1S/C14H25N3O3S/c1-11-9-12(7-8-17(11)4)15-10-13-5-6-14(20-13)21(18,19)16(2)3/h5-6,11-12,15H,7-10H2,1-4H3. The van der Waals surface area contributed by atoms with E-state index in [0.29, 0.717) is 24.4 Å². The Labute approximate surface area is 127 Å². The summed E-state index contributed by atoms with van der Waals surface area (Å²) >= 11 is 0. The molecule has 2 rings (SSSR count). The molecule has 1 aliphatic heterocycles. The zero-order valence-corrected chi connectivity index (χ0v) is 14.0. The van der Waals surface area contributed by atoms with Gasteiger partial charge in [-0.15, -0.1) is 0 Å². The summed E-state index contributed by atoms with van der Waals surface area (Å²) in [5.41, 5.74) is 0. The van der Waals surface area contributed by atoms with E-state index in [0.717, 1.165) is 23.7 Å². The first-order valence-electron chi connectivity index (χ1n) is 7.25. The molecule has 0 aliphatic carbocycles. The average molecular weight is 315 g/mol. The van der Waals surface area contributed by atoms with Crippen molar-refractivity contribution in [2.24, 2.45) is 0 Å². The van der Waals surface area contributed by atoms with Gasteiger partial charge in [0.1, 0.15) is 5.76 Å². The molecule has 1 fully saturated rings. The normalized spacial score (nSPS) is 24.6. The predicted octanol–water partition coefficient (Wildman–Crippen LogP) is 1.10. The van der Waals surface area contributed by atoms with Gasteiger partial charge in [0.25, 0.3) is 10.0 Å². The van der Waals surface area contributed by atoms with Crippen LogP contribution in [0.15, 0.2) is 21.6 Å². The number of hydrogen-bond donors (Lipinski definition) is 1. The van der Waals surface area contributed by atoms with Crippen molar-refractivity contribution in [1.82, 2.24) is 14.5 Å². The van der Waals surface area contributed by atoms with Crippen molar-refractivity contribution >= 4 is 10.0 Å². The van der Waals surface area contributed by atoms with Crippen LogP contribution in [-0.4, -0.2) is 57.4 Å². The lowest BCUT2D eigenvalue weighted by molar-refractivity contribution is 0.166. The molecular weight excluding hydrogens is 290 g/mol. The summed E-state index contributed by atoms with van der Waals surface area (Å²) in [5.74, 6) is 0.655. The summed E-state index contributed by atoms with van der Waals surface area (Å²) in [6, 6.07) is 4.26. The van der Waals surface area contributed by atoms with Crippen LogP contribution in [0.4, 0.5) is 0 Å². The topological polar surface area (TPSA) is 65.8 Å². The monoisotopic (exact) mass is 315 g/mol. The number of piperidine rings is 1. The smallest absolute Gasteiger partial charge is 0.275 e. The lowest BCUT2D eigenvalue weighted by Crippen LogP contribution is -2.45. The van der Waals surface area contributed by atoms with Gasteiger partial charge in [0.15, 0.2) is 0 Å². The van der Waals surface area contributed by atoms with Crippen LogP contribution in [0.25, 0.3) is 0 Å². The van der Waals surface area contributed by atoms with Gasteiger partial charge >= 0.3 is 0 Å². The number of hydrogen-bond acceptors (Lipinski definition) is 5. The van der Waals surface area contributed by atoms with E-state index in [1.807, 2.05) is 0 Å². The second kappa shape index (κ2) is 6.48. The highest BCUT2D eigenvalue weighted by atomic mass is 32.2. The lowest BCUT2D eigenvalue weighted by Gasteiger charge is -2.35. The van der Waals surface area contributed by atoms with Crippen molar-refractivity contribution in [3.05, 3.63) is 17.9 Å². The highest BCUT2D eigenvalue weighted by Gasteiger charge is 2.24. The zero-order chi connectivity index (χ0) is 15.6. The summed E-state index contributed by atoms with van der Waals surface area (Å²) < 4.78 is 30.5. The summed E-state index contributed by atoms with van der Waals surface area (Å²) in [6.45, 7) is 3.86. The Bertz CT molecular complexity index is 568. The van der Waals surface area contributed by atoms with Gasteiger partial charge in [0.05, 0.1) is 6.54 Å². The first-order valence-corrected chi connectivity index (χ1v) is 8.69. The summed E-state index contributed by atoms with van der Waals surface area (Å²) in [6.07, 6.45) is 2.20. The van der Waals surface area contributed by atoms with Crippen molar-refractivity contribution in [1.29, 1.82) is 0 Å². The molecule has 0 spiro atoms. The van der Waals surface area contributed by atoms with E-state index in [1.54, 1.807) is 6.07 Å². The Morgan fingerprint density at radius 3 is 2.76 bits per heavy atom. The summed E-state index contributed by atoms with van der Waals surface area (Å²) in [7, 11) is 1.65. The van der Waals surface area contributed by atoms with Crippen molar-refractivity contribution in [3.8, 4) is 0 Å². The molecule has 21 heavy (non-hydrogen) atoms. The molecule has 0 radical (unpaired) electrons. The van der Waals surface area contributed by atoms with Gasteiger partial charge in [-0.3, -0.25) is 0 Å². The van der Waals surface area contributed by atoms with Crippen LogP contribution in [0, 0.1) is 0 Å². The van der Waals surface area contributed by atoms with Crippen molar-refractivity contribution in [2.45, 2.75) is 43.5 Å². The van der Waals surface area contributed by atoms with E-state index in [4.69, 9.17) is 4.42 Å². The molecule has 0 amide bonds. The van der Waals surface area contributed by atoms with Crippen molar-refractivity contribution < 1.29 is 12.8 Å².